The van der Waals surface area contributed by atoms with Crippen molar-refractivity contribution in [3.05, 3.63) is 76.0 Å². The maximum atomic E-state index is 12.3. The number of carbonyl (C=O) groups is 1. The second-order valence-electron chi connectivity index (χ2n) is 5.84. The Labute approximate surface area is 157 Å². The minimum absolute atomic E-state index is 0.0291. The van der Waals surface area contributed by atoms with Crippen molar-refractivity contribution in [2.24, 2.45) is 0 Å². The Bertz CT molecular complexity index is 1140. The molecule has 0 saturated carbocycles. The first-order valence-corrected chi connectivity index (χ1v) is 8.94. The molecule has 0 aliphatic rings. The van der Waals surface area contributed by atoms with Gasteiger partial charge >= 0.3 is 5.13 Å². The molecule has 0 spiro atoms. The fourth-order valence-corrected chi connectivity index (χ4v) is 3.43. The van der Waals surface area contributed by atoms with Crippen LogP contribution in [0.1, 0.15) is 5.56 Å². The fraction of sp³-hybridized carbons (Fsp3) is 0.0556. The number of amides is 1. The number of nitro groups is 1. The number of imidazole rings is 1. The van der Waals surface area contributed by atoms with E-state index in [2.05, 4.69) is 15.3 Å². The molecule has 0 bridgehead atoms. The maximum Gasteiger partial charge on any atom is 0.325 e. The van der Waals surface area contributed by atoms with Gasteiger partial charge in [-0.1, -0.05) is 23.5 Å². The molecule has 1 amide bonds. The van der Waals surface area contributed by atoms with Gasteiger partial charge in [-0.3, -0.25) is 19.9 Å². The van der Waals surface area contributed by atoms with Crippen LogP contribution in [0.25, 0.3) is 16.2 Å². The van der Waals surface area contributed by atoms with Crippen LogP contribution >= 0.6 is 11.3 Å². The Kier molecular flexibility index (Phi) is 4.35. The monoisotopic (exact) mass is 380 g/mol. The molecule has 2 aromatic carbocycles. The molecule has 2 N–H and O–H groups in total. The molecule has 0 saturated heterocycles. The van der Waals surface area contributed by atoms with Gasteiger partial charge in [-0.15, -0.1) is 4.98 Å². The maximum absolute atomic E-state index is 12.3. The quantitative estimate of drug-likeness (QED) is 0.315. The van der Waals surface area contributed by atoms with Gasteiger partial charge in [-0.2, -0.15) is 4.57 Å². The number of rotatable bonds is 5. The van der Waals surface area contributed by atoms with Gasteiger partial charge in [0.05, 0.1) is 11.3 Å². The van der Waals surface area contributed by atoms with E-state index in [4.69, 9.17) is 0 Å². The third kappa shape index (κ3) is 3.53. The standard InChI is InChI=1S/C18H13N5O3S/c24-17(9-12-2-1-3-14(8-12)23(25)26)21-13-4-5-15-16(10-13)22(11-20-15)18-19-6-7-27-18/h1-8,10-11H,9H2,(H,21,24)/p+1. The first-order chi connectivity index (χ1) is 13.1. The number of hydrogen-bond acceptors (Lipinski definition) is 5. The first-order valence-electron chi connectivity index (χ1n) is 8.06. The topological polar surface area (TPSA) is 105 Å². The van der Waals surface area contributed by atoms with E-state index in [9.17, 15) is 14.9 Å². The molecule has 0 aliphatic heterocycles. The summed E-state index contributed by atoms with van der Waals surface area (Å²) in [5.41, 5.74) is 3.00. The summed E-state index contributed by atoms with van der Waals surface area (Å²) in [4.78, 5) is 30.2. The Morgan fingerprint density at radius 3 is 2.96 bits per heavy atom. The second kappa shape index (κ2) is 6.96. The van der Waals surface area contributed by atoms with Crippen LogP contribution < -0.4 is 9.88 Å². The average molecular weight is 380 g/mol. The molecule has 2 aromatic heterocycles. The molecule has 4 rings (SSSR count). The number of fused-ring (bicyclic) bond motifs is 1. The smallest absolute Gasteiger partial charge is 0.325 e. The lowest BCUT2D eigenvalue weighted by atomic mass is 10.1. The van der Waals surface area contributed by atoms with E-state index in [1.54, 1.807) is 24.4 Å². The highest BCUT2D eigenvalue weighted by Gasteiger charge is 2.15. The van der Waals surface area contributed by atoms with Crippen molar-refractivity contribution >= 4 is 39.7 Å². The Morgan fingerprint density at radius 2 is 2.19 bits per heavy atom. The highest BCUT2D eigenvalue weighted by Crippen LogP contribution is 2.18. The number of nitrogens with zero attached hydrogens (tertiary/aromatic N) is 3. The average Bonchev–Trinajstić information content (AvgIpc) is 3.30. The third-order valence-electron chi connectivity index (χ3n) is 4.00. The molecule has 27 heavy (non-hydrogen) atoms. The summed E-state index contributed by atoms with van der Waals surface area (Å²) >= 11 is 1.51. The first kappa shape index (κ1) is 16.9. The largest absolute Gasteiger partial charge is 0.326 e. The molecule has 4 aromatic rings. The van der Waals surface area contributed by atoms with E-state index in [1.165, 1.54) is 23.5 Å². The number of carbonyl (C=O) groups excluding carboxylic acids is 1. The Hall–Kier alpha value is -3.59. The highest BCUT2D eigenvalue weighted by molar-refractivity contribution is 7.11. The van der Waals surface area contributed by atoms with Crippen molar-refractivity contribution in [1.82, 2.24) is 9.97 Å². The molecule has 0 atom stereocenters. The number of hydrogen-bond donors (Lipinski definition) is 2. The van der Waals surface area contributed by atoms with Gasteiger partial charge in [0, 0.05) is 29.3 Å². The van der Waals surface area contributed by atoms with Gasteiger partial charge < -0.3 is 5.32 Å². The predicted molar refractivity (Wildman–Crippen MR) is 101 cm³/mol. The molecular weight excluding hydrogens is 366 g/mol. The van der Waals surface area contributed by atoms with Crippen LogP contribution in [0.2, 0.25) is 0 Å². The minimum atomic E-state index is -0.474. The van der Waals surface area contributed by atoms with E-state index in [0.717, 1.165) is 16.2 Å². The van der Waals surface area contributed by atoms with Crippen molar-refractivity contribution in [3.8, 4) is 5.13 Å². The zero-order valence-corrected chi connectivity index (χ0v) is 14.8. The molecular formula is C18H14N5O3S+. The van der Waals surface area contributed by atoms with Crippen LogP contribution in [0.5, 0.6) is 0 Å². The number of nitro benzene ring substituents is 1. The van der Waals surface area contributed by atoms with Crippen molar-refractivity contribution in [2.45, 2.75) is 6.42 Å². The summed E-state index contributed by atoms with van der Waals surface area (Å²) in [5.74, 6) is -0.244. The number of anilines is 1. The van der Waals surface area contributed by atoms with Gasteiger partial charge in [0.1, 0.15) is 17.2 Å². The molecule has 0 fully saturated rings. The number of nitrogens with one attached hydrogen (secondary N) is 2. The van der Waals surface area contributed by atoms with Crippen LogP contribution in [0.4, 0.5) is 11.4 Å². The van der Waals surface area contributed by atoms with Crippen LogP contribution in [-0.2, 0) is 11.2 Å². The van der Waals surface area contributed by atoms with Gasteiger partial charge in [0.15, 0.2) is 6.33 Å². The normalized spacial score (nSPS) is 10.8. The SMILES string of the molecule is O=C(Cc1cccc([N+](=O)[O-])c1)Nc1ccc2[nH]c[n+](-c3nccs3)c2c1. The van der Waals surface area contributed by atoms with Gasteiger partial charge in [0.25, 0.3) is 5.69 Å². The van der Waals surface area contributed by atoms with E-state index < -0.39 is 4.92 Å². The predicted octanol–water partition coefficient (Wildman–Crippen LogP) is 2.99. The molecule has 8 nitrogen and oxygen atoms in total. The van der Waals surface area contributed by atoms with Crippen molar-refractivity contribution in [3.63, 3.8) is 0 Å². The minimum Gasteiger partial charge on any atom is -0.326 e. The lowest BCUT2D eigenvalue weighted by molar-refractivity contribution is -0.566. The van der Waals surface area contributed by atoms with Crippen LogP contribution in [0, 0.1) is 10.1 Å². The lowest BCUT2D eigenvalue weighted by Crippen LogP contribution is -2.28. The van der Waals surface area contributed by atoms with Crippen molar-refractivity contribution < 1.29 is 14.3 Å². The second-order valence-corrected chi connectivity index (χ2v) is 6.72. The third-order valence-corrected chi connectivity index (χ3v) is 4.77. The lowest BCUT2D eigenvalue weighted by Gasteiger charge is -2.05. The number of aromatic nitrogens is 3. The molecule has 2 heterocycles. The zero-order chi connectivity index (χ0) is 18.8. The summed E-state index contributed by atoms with van der Waals surface area (Å²) < 4.78 is 1.91. The van der Waals surface area contributed by atoms with E-state index >= 15 is 0 Å². The number of thiazole rings is 1. The summed E-state index contributed by atoms with van der Waals surface area (Å²) in [7, 11) is 0. The summed E-state index contributed by atoms with van der Waals surface area (Å²) in [6, 6.07) is 11.6. The van der Waals surface area contributed by atoms with Crippen LogP contribution in [-0.4, -0.2) is 20.8 Å². The fourth-order valence-electron chi connectivity index (χ4n) is 2.80. The van der Waals surface area contributed by atoms with E-state index in [0.29, 0.717) is 11.3 Å². The van der Waals surface area contributed by atoms with Crippen molar-refractivity contribution in [1.29, 1.82) is 0 Å². The number of non-ortho nitro benzene ring substituents is 1. The summed E-state index contributed by atoms with van der Waals surface area (Å²) in [6.45, 7) is 0. The molecule has 134 valence electrons. The Balaban J connectivity index is 1.54. The van der Waals surface area contributed by atoms with Crippen molar-refractivity contribution in [2.75, 3.05) is 5.32 Å². The molecule has 0 radical (unpaired) electrons. The number of aromatic amines is 1. The van der Waals surface area contributed by atoms with Crippen LogP contribution in [0.3, 0.4) is 0 Å². The van der Waals surface area contributed by atoms with Crippen LogP contribution in [0.15, 0.2) is 60.4 Å². The number of benzene rings is 2. The van der Waals surface area contributed by atoms with Gasteiger partial charge in [-0.05, 0) is 17.7 Å². The van der Waals surface area contributed by atoms with E-state index in [-0.39, 0.29) is 18.0 Å². The van der Waals surface area contributed by atoms with E-state index in [1.807, 2.05) is 28.4 Å². The molecule has 0 aliphatic carbocycles. The summed E-state index contributed by atoms with van der Waals surface area (Å²) in [6.07, 6.45) is 3.61. The number of H-pyrrole nitrogens is 1. The Morgan fingerprint density at radius 1 is 1.30 bits per heavy atom. The molecule has 0 unspecified atom stereocenters. The molecule has 9 heteroatoms. The highest BCUT2D eigenvalue weighted by atomic mass is 32.1. The zero-order valence-electron chi connectivity index (χ0n) is 14.0. The van der Waals surface area contributed by atoms with Gasteiger partial charge in [-0.25, -0.2) is 0 Å². The summed E-state index contributed by atoms with van der Waals surface area (Å²) in [5, 5.41) is 16.4. The van der Waals surface area contributed by atoms with Gasteiger partial charge in [0.2, 0.25) is 5.91 Å².